The predicted octanol–water partition coefficient (Wildman–Crippen LogP) is 4.69. The van der Waals surface area contributed by atoms with Gasteiger partial charge in [-0.3, -0.25) is 0 Å². The van der Waals surface area contributed by atoms with Gasteiger partial charge in [-0.05, 0) is 49.4 Å². The molecule has 0 spiro atoms. The highest BCUT2D eigenvalue weighted by Gasteiger charge is 2.12. The van der Waals surface area contributed by atoms with Crippen LogP contribution in [0.5, 0.6) is 0 Å². The lowest BCUT2D eigenvalue weighted by molar-refractivity contribution is 0.391. The van der Waals surface area contributed by atoms with E-state index < -0.39 is 0 Å². The van der Waals surface area contributed by atoms with Crippen molar-refractivity contribution < 1.29 is 0 Å². The van der Waals surface area contributed by atoms with Crippen LogP contribution < -0.4 is 5.32 Å². The van der Waals surface area contributed by atoms with Crippen molar-refractivity contribution >= 4 is 11.6 Å². The Bertz CT molecular complexity index is 338. The lowest BCUT2D eigenvalue weighted by Gasteiger charge is -2.22. The molecule has 0 radical (unpaired) electrons. The molecule has 2 atom stereocenters. The molecule has 0 fully saturated rings. The number of hydrogen-bond donors (Lipinski definition) is 1. The average molecular weight is 268 g/mol. The fraction of sp³-hybridized carbons (Fsp3) is 0.625. The molecule has 0 aromatic heterocycles. The molecule has 0 aliphatic carbocycles. The van der Waals surface area contributed by atoms with Gasteiger partial charge in [0, 0.05) is 11.1 Å². The maximum atomic E-state index is 6.05. The van der Waals surface area contributed by atoms with Gasteiger partial charge in [0.2, 0.25) is 0 Å². The molecule has 0 amide bonds. The number of benzene rings is 1. The summed E-state index contributed by atoms with van der Waals surface area (Å²) in [5.74, 6) is 0.776. The molecular weight excluding hydrogens is 242 g/mol. The highest BCUT2D eigenvalue weighted by atomic mass is 35.5. The van der Waals surface area contributed by atoms with Gasteiger partial charge in [0.05, 0.1) is 0 Å². The van der Waals surface area contributed by atoms with Crippen molar-refractivity contribution in [3.05, 3.63) is 34.9 Å². The molecular formula is C16H26ClN. The molecule has 1 N–H and O–H groups in total. The van der Waals surface area contributed by atoms with Crippen LogP contribution in [0.1, 0.15) is 45.6 Å². The first-order valence-corrected chi connectivity index (χ1v) is 7.51. The molecule has 0 saturated heterocycles. The predicted molar refractivity (Wildman–Crippen MR) is 81.3 cm³/mol. The van der Waals surface area contributed by atoms with Crippen LogP contribution in [-0.2, 0) is 6.42 Å². The van der Waals surface area contributed by atoms with E-state index in [1.165, 1.54) is 24.8 Å². The fourth-order valence-electron chi connectivity index (χ4n) is 2.19. The average Bonchev–Trinajstić information content (AvgIpc) is 2.35. The molecule has 18 heavy (non-hydrogen) atoms. The minimum Gasteiger partial charge on any atom is -0.314 e. The van der Waals surface area contributed by atoms with Crippen molar-refractivity contribution in [1.29, 1.82) is 0 Å². The van der Waals surface area contributed by atoms with Crippen LogP contribution in [0, 0.1) is 5.92 Å². The molecule has 2 unspecified atom stereocenters. The Hall–Kier alpha value is -0.530. The second kappa shape index (κ2) is 8.55. The zero-order valence-electron chi connectivity index (χ0n) is 11.9. The van der Waals surface area contributed by atoms with Crippen LogP contribution in [0.4, 0.5) is 0 Å². The van der Waals surface area contributed by atoms with Crippen LogP contribution >= 0.6 is 11.6 Å². The summed E-state index contributed by atoms with van der Waals surface area (Å²) < 4.78 is 0. The molecule has 0 heterocycles. The van der Waals surface area contributed by atoms with E-state index in [0.717, 1.165) is 23.9 Å². The monoisotopic (exact) mass is 267 g/mol. The van der Waals surface area contributed by atoms with Gasteiger partial charge in [-0.2, -0.15) is 0 Å². The van der Waals surface area contributed by atoms with E-state index in [9.17, 15) is 0 Å². The summed E-state index contributed by atoms with van der Waals surface area (Å²) in [6, 6.07) is 8.80. The third-order valence-corrected chi connectivity index (χ3v) is 3.67. The summed E-state index contributed by atoms with van der Waals surface area (Å²) in [6.07, 6.45) is 4.75. The lowest BCUT2D eigenvalue weighted by Crippen LogP contribution is -2.33. The van der Waals surface area contributed by atoms with Crippen molar-refractivity contribution in [3.63, 3.8) is 0 Å². The van der Waals surface area contributed by atoms with Gasteiger partial charge in [-0.15, -0.1) is 0 Å². The quantitative estimate of drug-likeness (QED) is 0.721. The van der Waals surface area contributed by atoms with Crippen LogP contribution in [0.15, 0.2) is 24.3 Å². The molecule has 2 heteroatoms. The third-order valence-electron chi connectivity index (χ3n) is 3.44. The van der Waals surface area contributed by atoms with Crippen molar-refractivity contribution in [3.8, 4) is 0 Å². The molecule has 1 aromatic rings. The summed E-state index contributed by atoms with van der Waals surface area (Å²) in [4.78, 5) is 0. The van der Waals surface area contributed by atoms with Crippen LogP contribution in [0.3, 0.4) is 0 Å². The van der Waals surface area contributed by atoms with Crippen molar-refractivity contribution in [2.75, 3.05) is 6.54 Å². The molecule has 1 rings (SSSR count). The van der Waals surface area contributed by atoms with Crippen molar-refractivity contribution in [1.82, 2.24) is 5.32 Å². The van der Waals surface area contributed by atoms with E-state index in [-0.39, 0.29) is 0 Å². The van der Waals surface area contributed by atoms with Crippen LogP contribution in [0.2, 0.25) is 5.02 Å². The standard InChI is InChI=1S/C16H26ClN/c1-4-9-18-16(10-13(3)5-2)12-14-7-6-8-15(17)11-14/h6-8,11,13,16,18H,4-5,9-10,12H2,1-3H3. The molecule has 1 nitrogen and oxygen atoms in total. The zero-order chi connectivity index (χ0) is 13.4. The second-order valence-corrected chi connectivity index (χ2v) is 5.67. The Morgan fingerprint density at radius 1 is 1.28 bits per heavy atom. The van der Waals surface area contributed by atoms with Crippen LogP contribution in [-0.4, -0.2) is 12.6 Å². The molecule has 1 aromatic carbocycles. The van der Waals surface area contributed by atoms with Gasteiger partial charge in [-0.1, -0.05) is 50.9 Å². The Kier molecular flexibility index (Phi) is 7.38. The number of nitrogens with one attached hydrogen (secondary N) is 1. The summed E-state index contributed by atoms with van der Waals surface area (Å²) >= 11 is 6.05. The SMILES string of the molecule is CCCNC(Cc1cccc(Cl)c1)CC(C)CC. The summed E-state index contributed by atoms with van der Waals surface area (Å²) in [5, 5.41) is 4.50. The molecule has 0 bridgehead atoms. The smallest absolute Gasteiger partial charge is 0.0408 e. The normalized spacial score (nSPS) is 14.4. The molecule has 0 aliphatic heterocycles. The topological polar surface area (TPSA) is 12.0 Å². The summed E-state index contributed by atoms with van der Waals surface area (Å²) in [6.45, 7) is 7.91. The Balaban J connectivity index is 2.59. The van der Waals surface area contributed by atoms with Gasteiger partial charge in [0.15, 0.2) is 0 Å². The largest absolute Gasteiger partial charge is 0.314 e. The van der Waals surface area contributed by atoms with Gasteiger partial charge in [-0.25, -0.2) is 0 Å². The molecule has 0 saturated carbocycles. The van der Waals surface area contributed by atoms with E-state index in [1.54, 1.807) is 0 Å². The summed E-state index contributed by atoms with van der Waals surface area (Å²) in [5.41, 5.74) is 1.33. The zero-order valence-corrected chi connectivity index (χ0v) is 12.6. The van der Waals surface area contributed by atoms with Gasteiger partial charge in [0.1, 0.15) is 0 Å². The number of hydrogen-bond acceptors (Lipinski definition) is 1. The van der Waals surface area contributed by atoms with Gasteiger partial charge in [0.25, 0.3) is 0 Å². The van der Waals surface area contributed by atoms with E-state index in [4.69, 9.17) is 11.6 Å². The van der Waals surface area contributed by atoms with E-state index in [2.05, 4.69) is 38.2 Å². The first-order valence-electron chi connectivity index (χ1n) is 7.13. The first-order chi connectivity index (χ1) is 8.65. The Labute approximate surface area is 117 Å². The van der Waals surface area contributed by atoms with E-state index in [1.807, 2.05) is 12.1 Å². The minimum atomic E-state index is 0.568. The minimum absolute atomic E-state index is 0.568. The molecule has 0 aliphatic rings. The Morgan fingerprint density at radius 2 is 2.06 bits per heavy atom. The summed E-state index contributed by atoms with van der Waals surface area (Å²) in [7, 11) is 0. The second-order valence-electron chi connectivity index (χ2n) is 5.23. The highest BCUT2D eigenvalue weighted by Crippen LogP contribution is 2.16. The number of halogens is 1. The maximum absolute atomic E-state index is 6.05. The number of rotatable bonds is 8. The lowest BCUT2D eigenvalue weighted by atomic mass is 9.94. The fourth-order valence-corrected chi connectivity index (χ4v) is 2.40. The third kappa shape index (κ3) is 5.88. The van der Waals surface area contributed by atoms with Gasteiger partial charge >= 0.3 is 0 Å². The molecule has 102 valence electrons. The van der Waals surface area contributed by atoms with Crippen molar-refractivity contribution in [2.45, 2.75) is 52.5 Å². The van der Waals surface area contributed by atoms with E-state index >= 15 is 0 Å². The van der Waals surface area contributed by atoms with Crippen molar-refractivity contribution in [2.24, 2.45) is 5.92 Å². The first kappa shape index (κ1) is 15.5. The van der Waals surface area contributed by atoms with Crippen LogP contribution in [0.25, 0.3) is 0 Å². The maximum Gasteiger partial charge on any atom is 0.0408 e. The Morgan fingerprint density at radius 3 is 2.67 bits per heavy atom. The highest BCUT2D eigenvalue weighted by molar-refractivity contribution is 6.30. The van der Waals surface area contributed by atoms with Gasteiger partial charge < -0.3 is 5.32 Å². The van der Waals surface area contributed by atoms with E-state index in [0.29, 0.717) is 6.04 Å².